The van der Waals surface area contributed by atoms with Gasteiger partial charge in [-0.25, -0.2) is 0 Å². The van der Waals surface area contributed by atoms with Crippen molar-refractivity contribution in [2.45, 2.75) is 78.6 Å². The molecule has 1 aromatic heterocycles. The fourth-order valence-electron chi connectivity index (χ4n) is 11.7. The van der Waals surface area contributed by atoms with Crippen molar-refractivity contribution in [1.82, 2.24) is 0 Å². The topological polar surface area (TPSA) is 38.1 Å². The van der Waals surface area contributed by atoms with E-state index in [0.717, 1.165) is 73.5 Å². The van der Waals surface area contributed by atoms with Gasteiger partial charge < -0.3 is 23.7 Å². The largest absolute Gasteiger partial charge is 0.456 e. The molecule has 4 aliphatic rings. The van der Waals surface area contributed by atoms with Crippen molar-refractivity contribution < 1.29 is 13.9 Å². The second kappa shape index (κ2) is 14.5. The van der Waals surface area contributed by atoms with Crippen LogP contribution in [0.2, 0.25) is 0 Å². The number of nitrogens with zero attached hydrogens (tertiary/aromatic N) is 2. The van der Waals surface area contributed by atoms with E-state index in [4.69, 9.17) is 13.9 Å². The van der Waals surface area contributed by atoms with Crippen LogP contribution in [0.15, 0.2) is 162 Å². The van der Waals surface area contributed by atoms with Crippen LogP contribution >= 0.6 is 0 Å². The Bertz CT molecular complexity index is 3590. The molecule has 0 saturated carbocycles. The summed E-state index contributed by atoms with van der Waals surface area (Å²) >= 11 is 0. The summed E-state index contributed by atoms with van der Waals surface area (Å²) in [6.07, 6.45) is 0. The first kappa shape index (κ1) is 41.7. The lowest BCUT2D eigenvalue weighted by atomic mass is 9.33. The molecule has 9 aromatic rings. The summed E-state index contributed by atoms with van der Waals surface area (Å²) in [5, 5.41) is 1.08. The van der Waals surface area contributed by atoms with Gasteiger partial charge in [-0.3, -0.25) is 0 Å². The van der Waals surface area contributed by atoms with Crippen molar-refractivity contribution in [1.29, 1.82) is 0 Å². The molecule has 8 aromatic carbocycles. The van der Waals surface area contributed by atoms with Gasteiger partial charge in [0.25, 0.3) is 6.71 Å². The Kier molecular flexibility index (Phi) is 8.79. The highest BCUT2D eigenvalue weighted by atomic mass is 16.7. The number of hydrogen-bond donors (Lipinski definition) is 0. The summed E-state index contributed by atoms with van der Waals surface area (Å²) in [5.74, 6) is 2.40. The molecule has 13 rings (SSSR count). The summed E-state index contributed by atoms with van der Waals surface area (Å²) in [4.78, 5) is 5.00. The number of aryl methyl sites for hydroxylation is 1. The van der Waals surface area contributed by atoms with E-state index in [9.17, 15) is 0 Å². The summed E-state index contributed by atoms with van der Waals surface area (Å²) in [6.45, 7) is 20.8. The maximum Gasteiger partial charge on any atom is 0.252 e. The molecule has 0 fully saturated rings. The molecular formula is C63H55BN2O3. The molecule has 4 heterocycles. The van der Waals surface area contributed by atoms with Crippen LogP contribution in [-0.4, -0.2) is 13.5 Å². The molecular weight excluding hydrogens is 844 g/mol. The predicted octanol–water partition coefficient (Wildman–Crippen LogP) is 14.8. The first-order chi connectivity index (χ1) is 33.1. The summed E-state index contributed by atoms with van der Waals surface area (Å²) < 4.78 is 19.1. The third-order valence-corrected chi connectivity index (χ3v) is 15.4. The molecule has 0 atom stereocenters. The molecule has 0 saturated heterocycles. The van der Waals surface area contributed by atoms with Crippen LogP contribution in [0, 0.1) is 6.92 Å². The molecule has 0 unspecified atom stereocenters. The average molecular weight is 899 g/mol. The number of fused-ring (bicyclic) bond motifs is 9. The molecule has 0 amide bonds. The summed E-state index contributed by atoms with van der Waals surface area (Å²) in [7, 11) is 0. The van der Waals surface area contributed by atoms with Gasteiger partial charge in [-0.1, -0.05) is 134 Å². The molecule has 338 valence electrons. The van der Waals surface area contributed by atoms with Crippen LogP contribution in [-0.2, 0) is 16.2 Å². The minimum Gasteiger partial charge on any atom is -0.456 e. The molecule has 0 spiro atoms. The number of ether oxygens (including phenoxy) is 2. The Morgan fingerprint density at radius 1 is 0.507 bits per heavy atom. The Hall–Kier alpha value is -7.44. The van der Waals surface area contributed by atoms with Gasteiger partial charge in [0, 0.05) is 56.6 Å². The van der Waals surface area contributed by atoms with Gasteiger partial charge in [0.1, 0.15) is 11.3 Å². The molecule has 0 radical (unpaired) electrons. The quantitative estimate of drug-likeness (QED) is 0.165. The van der Waals surface area contributed by atoms with Crippen LogP contribution in [0.3, 0.4) is 0 Å². The number of furan rings is 1. The van der Waals surface area contributed by atoms with Crippen molar-refractivity contribution in [3.8, 4) is 45.1 Å². The number of rotatable bonds is 4. The van der Waals surface area contributed by atoms with Crippen molar-refractivity contribution in [3.63, 3.8) is 0 Å². The number of benzene rings is 8. The second-order valence-electron chi connectivity index (χ2n) is 22.3. The summed E-state index contributed by atoms with van der Waals surface area (Å²) in [6, 6.07) is 59.1. The lowest BCUT2D eigenvalue weighted by Gasteiger charge is -2.45. The van der Waals surface area contributed by atoms with Crippen LogP contribution in [0.5, 0.6) is 11.5 Å². The van der Waals surface area contributed by atoms with Gasteiger partial charge in [-0.15, -0.1) is 0 Å². The highest BCUT2D eigenvalue weighted by Crippen LogP contribution is 2.52. The van der Waals surface area contributed by atoms with Crippen molar-refractivity contribution in [3.05, 3.63) is 186 Å². The average Bonchev–Trinajstić information content (AvgIpc) is 4.04. The van der Waals surface area contributed by atoms with E-state index in [1.165, 1.54) is 60.9 Å². The summed E-state index contributed by atoms with van der Waals surface area (Å²) in [5.41, 5.74) is 23.6. The second-order valence-corrected chi connectivity index (χ2v) is 22.3. The zero-order chi connectivity index (χ0) is 47.3. The fraction of sp³-hybridized carbons (Fsp3) is 0.206. The number of para-hydroxylation sites is 1. The lowest BCUT2D eigenvalue weighted by Crippen LogP contribution is -2.61. The first-order valence-electron chi connectivity index (χ1n) is 24.4. The predicted molar refractivity (Wildman–Crippen MR) is 287 cm³/mol. The lowest BCUT2D eigenvalue weighted by molar-refractivity contribution is 0.174. The zero-order valence-corrected chi connectivity index (χ0v) is 40.9. The van der Waals surface area contributed by atoms with E-state index in [0.29, 0.717) is 0 Å². The van der Waals surface area contributed by atoms with Gasteiger partial charge >= 0.3 is 0 Å². The molecule has 0 bridgehead atoms. The third kappa shape index (κ3) is 6.37. The molecule has 69 heavy (non-hydrogen) atoms. The highest BCUT2D eigenvalue weighted by molar-refractivity contribution is 7.00. The molecule has 3 aliphatic heterocycles. The Morgan fingerprint density at radius 3 is 1.91 bits per heavy atom. The van der Waals surface area contributed by atoms with E-state index in [-0.39, 0.29) is 29.8 Å². The van der Waals surface area contributed by atoms with Gasteiger partial charge in [0.05, 0.1) is 0 Å². The van der Waals surface area contributed by atoms with E-state index in [1.807, 2.05) is 6.07 Å². The maximum absolute atomic E-state index is 6.73. The van der Waals surface area contributed by atoms with E-state index < -0.39 is 0 Å². The molecule has 1 aliphatic carbocycles. The SMILES string of the molecule is Cc1cc2c3c(c1)N(c1ccc(C(C)(C)C)cc1)c1cc4c(cc1B3c1cc(C(C)(C)C)ccc1N2c1cc(-c2ccc3c(c2)C(C)(C)c2ccccc2-3)cc(-c2cc3ccccc3o2)c1)OCO4. The van der Waals surface area contributed by atoms with Gasteiger partial charge in [0.15, 0.2) is 11.5 Å². The number of hydrogen-bond acceptors (Lipinski definition) is 5. The van der Waals surface area contributed by atoms with Gasteiger partial charge in [0.2, 0.25) is 6.79 Å². The fourth-order valence-corrected chi connectivity index (χ4v) is 11.7. The smallest absolute Gasteiger partial charge is 0.252 e. The minimum absolute atomic E-state index is 0.0175. The van der Waals surface area contributed by atoms with Crippen LogP contribution in [0.4, 0.5) is 34.1 Å². The van der Waals surface area contributed by atoms with E-state index in [2.05, 4.69) is 224 Å². The normalized spacial score (nSPS) is 14.9. The highest BCUT2D eigenvalue weighted by Gasteiger charge is 2.45. The van der Waals surface area contributed by atoms with Gasteiger partial charge in [-0.2, -0.15) is 0 Å². The van der Waals surface area contributed by atoms with Crippen LogP contribution < -0.4 is 35.7 Å². The molecule has 5 nitrogen and oxygen atoms in total. The van der Waals surface area contributed by atoms with Gasteiger partial charge in [-0.05, 0) is 157 Å². The van der Waals surface area contributed by atoms with Crippen molar-refractivity contribution >= 4 is 68.2 Å². The third-order valence-electron chi connectivity index (χ3n) is 15.4. The molecule has 6 heteroatoms. The zero-order valence-electron chi connectivity index (χ0n) is 40.9. The van der Waals surface area contributed by atoms with Crippen LogP contribution in [0.1, 0.15) is 83.2 Å². The van der Waals surface area contributed by atoms with E-state index >= 15 is 0 Å². The Balaban J connectivity index is 1.08. The Morgan fingerprint density at radius 2 is 1.16 bits per heavy atom. The standard InChI is InChI=1S/C63H55BN2O3/c1-37-26-54-60-55(27-37)66(45-29-40(28-41(30-45)57-32-39-14-10-13-17-56(39)69-57)38-18-24-47-46-15-11-12-16-48(46)63(8,9)49(47)31-38)52-25-21-43(62(5,6)7)33-50(52)64(60)51-34-58-59(68-36-67-58)35-53(51)65(54)44-22-19-42(20-23-44)61(2,3)4/h10-35H,36H2,1-9H3. The molecule has 0 N–H and O–H groups in total. The monoisotopic (exact) mass is 898 g/mol. The first-order valence-corrected chi connectivity index (χ1v) is 24.4. The minimum atomic E-state index is -0.139. The van der Waals surface area contributed by atoms with Crippen molar-refractivity contribution in [2.75, 3.05) is 16.6 Å². The Labute approximate surface area is 406 Å². The van der Waals surface area contributed by atoms with E-state index in [1.54, 1.807) is 0 Å². The number of anilines is 6. The van der Waals surface area contributed by atoms with Crippen molar-refractivity contribution in [2.24, 2.45) is 0 Å². The maximum atomic E-state index is 6.73. The van der Waals surface area contributed by atoms with Crippen LogP contribution in [0.25, 0.3) is 44.5 Å².